The second-order valence-electron chi connectivity index (χ2n) is 8.01. The van der Waals surface area contributed by atoms with Crippen molar-refractivity contribution in [2.24, 2.45) is 5.92 Å². The van der Waals surface area contributed by atoms with E-state index in [9.17, 15) is 9.59 Å². The molecule has 2 aliphatic rings. The molecule has 0 radical (unpaired) electrons. The van der Waals surface area contributed by atoms with E-state index >= 15 is 0 Å². The third kappa shape index (κ3) is 4.31. The van der Waals surface area contributed by atoms with Crippen LogP contribution in [0.4, 0.5) is 5.69 Å². The van der Waals surface area contributed by atoms with Gasteiger partial charge in [0, 0.05) is 32.6 Å². The van der Waals surface area contributed by atoms with Crippen molar-refractivity contribution in [3.05, 3.63) is 46.7 Å². The molecular formula is C23H29N3O3S. The van der Waals surface area contributed by atoms with Gasteiger partial charge in [0.1, 0.15) is 11.9 Å². The van der Waals surface area contributed by atoms with Crippen LogP contribution in [0.3, 0.4) is 0 Å². The van der Waals surface area contributed by atoms with Gasteiger partial charge in [0.2, 0.25) is 5.91 Å². The topological polar surface area (TPSA) is 53.1 Å². The Morgan fingerprint density at radius 1 is 1.17 bits per heavy atom. The van der Waals surface area contributed by atoms with Crippen molar-refractivity contribution in [1.29, 1.82) is 0 Å². The number of likely N-dealkylation sites (N-methyl/N-ethyl adjacent to an activating group) is 2. The molecule has 0 bridgehead atoms. The number of hydrogen-bond acceptors (Lipinski definition) is 5. The fourth-order valence-corrected chi connectivity index (χ4v) is 5.06. The van der Waals surface area contributed by atoms with Crippen molar-refractivity contribution in [3.63, 3.8) is 0 Å². The molecule has 2 aliphatic heterocycles. The summed E-state index contributed by atoms with van der Waals surface area (Å²) in [5, 5.41) is 1.92. The molecule has 0 saturated carbocycles. The molecule has 1 fully saturated rings. The Balaban J connectivity index is 1.31. The molecule has 0 spiro atoms. The number of likely N-dealkylation sites (tertiary alicyclic amines) is 1. The van der Waals surface area contributed by atoms with Crippen molar-refractivity contribution in [3.8, 4) is 5.75 Å². The SMILES string of the molecule is CCN1C[C@H](CN(C)C(=O)C2CCN(C(=O)c3cccs3)CC2)Oc2ccccc21. The fraction of sp³-hybridized carbons (Fsp3) is 0.478. The predicted molar refractivity (Wildman–Crippen MR) is 119 cm³/mol. The molecule has 4 rings (SSSR count). The van der Waals surface area contributed by atoms with E-state index in [1.54, 1.807) is 0 Å². The van der Waals surface area contributed by atoms with E-state index in [0.29, 0.717) is 19.6 Å². The van der Waals surface area contributed by atoms with Gasteiger partial charge in [-0.25, -0.2) is 0 Å². The first-order valence-electron chi connectivity index (χ1n) is 10.6. The number of benzene rings is 1. The van der Waals surface area contributed by atoms with Crippen LogP contribution >= 0.6 is 11.3 Å². The number of carbonyl (C=O) groups is 2. The maximum atomic E-state index is 13.0. The van der Waals surface area contributed by atoms with Gasteiger partial charge in [-0.3, -0.25) is 9.59 Å². The van der Waals surface area contributed by atoms with Crippen LogP contribution in [0.2, 0.25) is 0 Å². The van der Waals surface area contributed by atoms with Crippen LogP contribution < -0.4 is 9.64 Å². The minimum Gasteiger partial charge on any atom is -0.485 e. The highest BCUT2D eigenvalue weighted by Crippen LogP contribution is 2.33. The summed E-state index contributed by atoms with van der Waals surface area (Å²) in [4.78, 5) is 32.3. The number of amides is 2. The second-order valence-corrected chi connectivity index (χ2v) is 8.96. The minimum absolute atomic E-state index is 0.0273. The third-order valence-electron chi connectivity index (χ3n) is 6.02. The standard InChI is InChI=1S/C23H29N3O3S/c1-3-25-16-18(29-20-8-5-4-7-19(20)25)15-24(2)22(27)17-10-12-26(13-11-17)23(28)21-9-6-14-30-21/h4-9,14,17-18H,3,10-13,15-16H2,1-2H3/t18-/m0/s1. The lowest BCUT2D eigenvalue weighted by molar-refractivity contribution is -0.136. The Morgan fingerprint density at radius 2 is 1.93 bits per heavy atom. The number of carbonyl (C=O) groups excluding carboxylic acids is 2. The number of ether oxygens (including phenoxy) is 1. The first-order chi connectivity index (χ1) is 14.6. The molecule has 1 saturated heterocycles. The molecule has 3 heterocycles. The van der Waals surface area contributed by atoms with Crippen LogP contribution in [0, 0.1) is 5.92 Å². The number of para-hydroxylation sites is 2. The molecule has 1 aromatic heterocycles. The highest BCUT2D eigenvalue weighted by atomic mass is 32.1. The zero-order valence-corrected chi connectivity index (χ0v) is 18.4. The van der Waals surface area contributed by atoms with Crippen LogP contribution in [0.1, 0.15) is 29.4 Å². The fourth-order valence-electron chi connectivity index (χ4n) is 4.37. The van der Waals surface area contributed by atoms with Gasteiger partial charge in [-0.2, -0.15) is 0 Å². The lowest BCUT2D eigenvalue weighted by Gasteiger charge is -2.38. The third-order valence-corrected chi connectivity index (χ3v) is 6.88. The van der Waals surface area contributed by atoms with E-state index < -0.39 is 0 Å². The monoisotopic (exact) mass is 427 g/mol. The van der Waals surface area contributed by atoms with Gasteiger partial charge in [0.15, 0.2) is 0 Å². The van der Waals surface area contributed by atoms with E-state index in [-0.39, 0.29) is 23.8 Å². The summed E-state index contributed by atoms with van der Waals surface area (Å²) >= 11 is 1.47. The molecule has 1 aromatic carbocycles. The number of thiophene rings is 1. The van der Waals surface area contributed by atoms with E-state index in [4.69, 9.17) is 4.74 Å². The summed E-state index contributed by atoms with van der Waals surface area (Å²) in [7, 11) is 1.87. The van der Waals surface area contributed by atoms with Gasteiger partial charge >= 0.3 is 0 Å². The molecule has 160 valence electrons. The zero-order chi connectivity index (χ0) is 21.1. The van der Waals surface area contributed by atoms with Crippen molar-refractivity contribution >= 4 is 28.8 Å². The number of nitrogens with zero attached hydrogens (tertiary/aromatic N) is 3. The molecule has 7 heteroatoms. The number of anilines is 1. The summed E-state index contributed by atoms with van der Waals surface area (Å²) in [6.45, 7) is 5.66. The van der Waals surface area contributed by atoms with Gasteiger partial charge in [-0.1, -0.05) is 18.2 Å². The maximum Gasteiger partial charge on any atom is 0.263 e. The molecule has 0 unspecified atom stereocenters. The van der Waals surface area contributed by atoms with Crippen molar-refractivity contribution in [2.75, 3.05) is 44.7 Å². The minimum atomic E-state index is -0.0469. The van der Waals surface area contributed by atoms with Gasteiger partial charge in [-0.15, -0.1) is 11.3 Å². The van der Waals surface area contributed by atoms with Gasteiger partial charge in [-0.05, 0) is 43.3 Å². The van der Waals surface area contributed by atoms with Crippen LogP contribution in [0.5, 0.6) is 5.75 Å². The molecule has 6 nitrogen and oxygen atoms in total. The Bertz CT molecular complexity index is 878. The molecule has 0 aliphatic carbocycles. The summed E-state index contributed by atoms with van der Waals surface area (Å²) in [5.41, 5.74) is 1.12. The molecule has 1 atom stereocenters. The lowest BCUT2D eigenvalue weighted by Crippen LogP contribution is -2.49. The smallest absolute Gasteiger partial charge is 0.263 e. The van der Waals surface area contributed by atoms with Crippen LogP contribution in [-0.2, 0) is 4.79 Å². The average molecular weight is 428 g/mol. The van der Waals surface area contributed by atoms with Gasteiger partial charge < -0.3 is 19.4 Å². The first-order valence-corrected chi connectivity index (χ1v) is 11.5. The highest BCUT2D eigenvalue weighted by Gasteiger charge is 2.32. The van der Waals surface area contributed by atoms with E-state index in [1.165, 1.54) is 11.3 Å². The molecular weight excluding hydrogens is 398 g/mol. The number of hydrogen-bond donors (Lipinski definition) is 0. The van der Waals surface area contributed by atoms with E-state index in [0.717, 1.165) is 42.2 Å². The number of fused-ring (bicyclic) bond motifs is 1. The summed E-state index contributed by atoms with van der Waals surface area (Å²) in [6.07, 6.45) is 1.39. The molecule has 2 aromatic rings. The average Bonchev–Trinajstić information content (AvgIpc) is 3.32. The Hall–Kier alpha value is -2.54. The van der Waals surface area contributed by atoms with Crippen molar-refractivity contribution in [2.45, 2.75) is 25.9 Å². The number of piperidine rings is 1. The van der Waals surface area contributed by atoms with Crippen molar-refractivity contribution < 1.29 is 14.3 Å². The molecule has 2 amide bonds. The van der Waals surface area contributed by atoms with Crippen LogP contribution in [0.15, 0.2) is 41.8 Å². The highest BCUT2D eigenvalue weighted by molar-refractivity contribution is 7.12. The summed E-state index contributed by atoms with van der Waals surface area (Å²) in [5.74, 6) is 1.10. The Kier molecular flexibility index (Phi) is 6.27. The summed E-state index contributed by atoms with van der Waals surface area (Å²) < 4.78 is 6.17. The first kappa shape index (κ1) is 20.7. The quantitative estimate of drug-likeness (QED) is 0.734. The van der Waals surface area contributed by atoms with Crippen LogP contribution in [0.25, 0.3) is 0 Å². The normalized spacial score (nSPS) is 19.2. The summed E-state index contributed by atoms with van der Waals surface area (Å²) in [6, 6.07) is 11.8. The Labute approximate surface area is 182 Å². The maximum absolute atomic E-state index is 13.0. The lowest BCUT2D eigenvalue weighted by atomic mass is 9.95. The molecule has 30 heavy (non-hydrogen) atoms. The number of rotatable bonds is 5. The second kappa shape index (κ2) is 9.08. The van der Waals surface area contributed by atoms with E-state index in [1.807, 2.05) is 52.6 Å². The Morgan fingerprint density at radius 3 is 2.63 bits per heavy atom. The van der Waals surface area contributed by atoms with E-state index in [2.05, 4.69) is 17.9 Å². The van der Waals surface area contributed by atoms with Gasteiger partial charge in [0.05, 0.1) is 23.7 Å². The van der Waals surface area contributed by atoms with Gasteiger partial charge in [0.25, 0.3) is 5.91 Å². The largest absolute Gasteiger partial charge is 0.485 e. The zero-order valence-electron chi connectivity index (χ0n) is 17.6. The molecule has 0 N–H and O–H groups in total. The van der Waals surface area contributed by atoms with Crippen molar-refractivity contribution in [1.82, 2.24) is 9.80 Å². The van der Waals surface area contributed by atoms with Crippen LogP contribution in [-0.4, -0.2) is 67.5 Å². The predicted octanol–water partition coefficient (Wildman–Crippen LogP) is 3.35.